The number of allylic oxidation sites excluding steroid dienone is 2. The van der Waals surface area contributed by atoms with Crippen LogP contribution >= 0.6 is 0 Å². The van der Waals surface area contributed by atoms with E-state index in [1.54, 1.807) is 0 Å². The smallest absolute Gasteiger partial charge is 0.320 e. The molecular formula is C16H22N2O. The average Bonchev–Trinajstić information content (AvgIpc) is 3.18. The fraction of sp³-hybridized carbons (Fsp3) is 0.812. The molecule has 6 unspecified atom stereocenters. The molecule has 2 bridgehead atoms. The lowest BCUT2D eigenvalue weighted by Crippen LogP contribution is -2.45. The number of fused-ring (bicyclic) bond motifs is 9. The van der Waals surface area contributed by atoms with E-state index in [1.165, 1.54) is 32.1 Å². The van der Waals surface area contributed by atoms with Gasteiger partial charge < -0.3 is 9.80 Å². The van der Waals surface area contributed by atoms with E-state index in [-0.39, 0.29) is 0 Å². The normalized spacial score (nSPS) is 50.4. The highest BCUT2D eigenvalue weighted by atomic mass is 16.2. The number of carbonyl (C=O) groups is 1. The van der Waals surface area contributed by atoms with Gasteiger partial charge in [0.05, 0.1) is 0 Å². The third kappa shape index (κ3) is 1.22. The van der Waals surface area contributed by atoms with Crippen molar-refractivity contribution in [1.82, 2.24) is 9.80 Å². The standard InChI is InChI=1S/C16H22N2O/c19-16-17-7-1-3-12(17)14-10-5-6-11(9-10)15(14)13-4-2-8-18(13)16/h5-6,10-15H,1-4,7-9H2. The van der Waals surface area contributed by atoms with Gasteiger partial charge in [-0.25, -0.2) is 4.79 Å². The predicted molar refractivity (Wildman–Crippen MR) is 72.6 cm³/mol. The maximum absolute atomic E-state index is 12.8. The number of amides is 2. The molecule has 3 heterocycles. The Morgan fingerprint density at radius 2 is 1.42 bits per heavy atom. The Labute approximate surface area is 114 Å². The van der Waals surface area contributed by atoms with Gasteiger partial charge in [0.2, 0.25) is 0 Å². The molecule has 0 radical (unpaired) electrons. The van der Waals surface area contributed by atoms with Crippen molar-refractivity contribution in [3.05, 3.63) is 12.2 Å². The fourth-order valence-electron chi connectivity index (χ4n) is 6.01. The highest BCUT2D eigenvalue weighted by Gasteiger charge is 2.58. The average molecular weight is 258 g/mol. The summed E-state index contributed by atoms with van der Waals surface area (Å²) in [7, 11) is 0. The monoisotopic (exact) mass is 258 g/mol. The van der Waals surface area contributed by atoms with Gasteiger partial charge in [0.1, 0.15) is 0 Å². The van der Waals surface area contributed by atoms with Crippen LogP contribution < -0.4 is 0 Å². The van der Waals surface area contributed by atoms with E-state index < -0.39 is 0 Å². The zero-order chi connectivity index (χ0) is 12.6. The van der Waals surface area contributed by atoms with E-state index in [9.17, 15) is 4.79 Å². The molecule has 5 rings (SSSR count). The van der Waals surface area contributed by atoms with Crippen molar-refractivity contribution in [2.75, 3.05) is 13.1 Å². The van der Waals surface area contributed by atoms with Crippen LogP contribution in [0, 0.1) is 23.7 Å². The molecule has 3 aliphatic heterocycles. The van der Waals surface area contributed by atoms with Crippen LogP contribution in [0.15, 0.2) is 12.2 Å². The Hall–Kier alpha value is -0.990. The Morgan fingerprint density at radius 1 is 0.895 bits per heavy atom. The number of urea groups is 1. The fourth-order valence-corrected chi connectivity index (χ4v) is 6.01. The molecule has 5 aliphatic rings. The first-order valence-corrected chi connectivity index (χ1v) is 8.10. The van der Waals surface area contributed by atoms with Crippen LogP contribution in [0.25, 0.3) is 0 Å². The third-order valence-corrected chi connectivity index (χ3v) is 6.56. The Bertz CT molecular complexity index is 422. The number of rotatable bonds is 0. The summed E-state index contributed by atoms with van der Waals surface area (Å²) in [5.74, 6) is 3.09. The van der Waals surface area contributed by atoms with E-state index in [0.717, 1.165) is 36.8 Å². The summed E-state index contributed by atoms with van der Waals surface area (Å²) in [4.78, 5) is 17.3. The molecule has 4 fully saturated rings. The molecule has 2 aliphatic carbocycles. The topological polar surface area (TPSA) is 23.6 Å². The summed E-state index contributed by atoms with van der Waals surface area (Å²) in [6.45, 7) is 2.02. The zero-order valence-electron chi connectivity index (χ0n) is 11.4. The van der Waals surface area contributed by atoms with Gasteiger partial charge in [-0.15, -0.1) is 0 Å². The lowest BCUT2D eigenvalue weighted by Gasteiger charge is -2.35. The van der Waals surface area contributed by atoms with Crippen LogP contribution in [0.3, 0.4) is 0 Å². The largest absolute Gasteiger partial charge is 0.321 e. The van der Waals surface area contributed by atoms with Crippen molar-refractivity contribution in [1.29, 1.82) is 0 Å². The Kier molecular flexibility index (Phi) is 2.01. The van der Waals surface area contributed by atoms with Crippen LogP contribution in [-0.2, 0) is 0 Å². The van der Waals surface area contributed by atoms with Crippen molar-refractivity contribution in [2.45, 2.75) is 44.2 Å². The van der Waals surface area contributed by atoms with Crippen molar-refractivity contribution in [2.24, 2.45) is 23.7 Å². The van der Waals surface area contributed by atoms with Gasteiger partial charge in [-0.3, -0.25) is 0 Å². The second kappa shape index (κ2) is 3.56. The first-order valence-electron chi connectivity index (χ1n) is 8.10. The summed E-state index contributed by atoms with van der Waals surface area (Å²) in [5, 5.41) is 0. The molecule has 19 heavy (non-hydrogen) atoms. The van der Waals surface area contributed by atoms with E-state index >= 15 is 0 Å². The Morgan fingerprint density at radius 3 is 1.95 bits per heavy atom. The summed E-state index contributed by atoms with van der Waals surface area (Å²) < 4.78 is 0. The quantitative estimate of drug-likeness (QED) is 0.612. The summed E-state index contributed by atoms with van der Waals surface area (Å²) in [6, 6.07) is 1.49. The van der Waals surface area contributed by atoms with Gasteiger partial charge in [0.15, 0.2) is 0 Å². The van der Waals surface area contributed by atoms with Crippen molar-refractivity contribution < 1.29 is 4.79 Å². The predicted octanol–water partition coefficient (Wildman–Crippen LogP) is 2.49. The first-order chi connectivity index (χ1) is 9.34. The second-order valence-electron chi connectivity index (χ2n) is 7.19. The summed E-state index contributed by atoms with van der Waals surface area (Å²) in [6.07, 6.45) is 11.3. The maximum atomic E-state index is 12.8. The minimum absolute atomic E-state index is 0.374. The van der Waals surface area contributed by atoms with Crippen LogP contribution in [0.5, 0.6) is 0 Å². The highest BCUT2D eigenvalue weighted by Crippen LogP contribution is 2.56. The number of nitrogens with zero attached hydrogens (tertiary/aromatic N) is 2. The summed E-state index contributed by atoms with van der Waals surface area (Å²) >= 11 is 0. The minimum atomic E-state index is 0.374. The lowest BCUT2D eigenvalue weighted by molar-refractivity contribution is 0.150. The molecular weight excluding hydrogens is 236 g/mol. The molecule has 102 valence electrons. The van der Waals surface area contributed by atoms with Gasteiger partial charge in [-0.05, 0) is 55.8 Å². The van der Waals surface area contributed by atoms with Gasteiger partial charge in [-0.1, -0.05) is 12.2 Å². The van der Waals surface area contributed by atoms with Crippen LogP contribution in [0.2, 0.25) is 0 Å². The molecule has 3 saturated heterocycles. The van der Waals surface area contributed by atoms with Crippen LogP contribution in [0.1, 0.15) is 32.1 Å². The van der Waals surface area contributed by atoms with Gasteiger partial charge in [-0.2, -0.15) is 0 Å². The van der Waals surface area contributed by atoms with Crippen LogP contribution in [-0.4, -0.2) is 41.0 Å². The van der Waals surface area contributed by atoms with Crippen molar-refractivity contribution in [3.8, 4) is 0 Å². The molecule has 3 heteroatoms. The Balaban J connectivity index is 1.63. The molecule has 6 atom stereocenters. The molecule has 2 amide bonds. The molecule has 0 N–H and O–H groups in total. The third-order valence-electron chi connectivity index (χ3n) is 6.56. The SMILES string of the molecule is O=C1N2CCCC2C2C3C=CC(C3)C2C2CCCN12. The highest BCUT2D eigenvalue weighted by molar-refractivity contribution is 5.76. The van der Waals surface area contributed by atoms with Crippen molar-refractivity contribution >= 4 is 6.03 Å². The minimum Gasteiger partial charge on any atom is -0.321 e. The van der Waals surface area contributed by atoms with Gasteiger partial charge in [0, 0.05) is 25.2 Å². The lowest BCUT2D eigenvalue weighted by atomic mass is 9.74. The molecule has 3 nitrogen and oxygen atoms in total. The molecule has 0 spiro atoms. The van der Waals surface area contributed by atoms with E-state index in [2.05, 4.69) is 22.0 Å². The number of hydrogen-bond donors (Lipinski definition) is 0. The second-order valence-corrected chi connectivity index (χ2v) is 7.19. The first kappa shape index (κ1) is 10.8. The molecule has 0 aromatic heterocycles. The van der Waals surface area contributed by atoms with E-state index in [1.807, 2.05) is 0 Å². The zero-order valence-corrected chi connectivity index (χ0v) is 11.4. The van der Waals surface area contributed by atoms with E-state index in [4.69, 9.17) is 0 Å². The molecule has 0 aromatic rings. The van der Waals surface area contributed by atoms with Gasteiger partial charge in [0.25, 0.3) is 0 Å². The summed E-state index contributed by atoms with van der Waals surface area (Å²) in [5.41, 5.74) is 0. The van der Waals surface area contributed by atoms with Gasteiger partial charge >= 0.3 is 6.03 Å². The van der Waals surface area contributed by atoms with Crippen LogP contribution in [0.4, 0.5) is 4.79 Å². The molecule has 0 aromatic carbocycles. The molecule has 1 saturated carbocycles. The number of carbonyl (C=O) groups excluding carboxylic acids is 1. The number of hydrogen-bond acceptors (Lipinski definition) is 1. The van der Waals surface area contributed by atoms with Crippen molar-refractivity contribution in [3.63, 3.8) is 0 Å². The van der Waals surface area contributed by atoms with E-state index in [0.29, 0.717) is 18.1 Å². The maximum Gasteiger partial charge on any atom is 0.320 e.